The summed E-state index contributed by atoms with van der Waals surface area (Å²) in [5, 5.41) is 9.37. The number of aliphatic hydroxyl groups excluding tert-OH is 1. The van der Waals surface area contributed by atoms with E-state index in [0.29, 0.717) is 12.6 Å². The van der Waals surface area contributed by atoms with E-state index in [1.807, 2.05) is 0 Å². The Balaban J connectivity index is 1.69. The van der Waals surface area contributed by atoms with Gasteiger partial charge in [-0.1, -0.05) is 30.3 Å². The second kappa shape index (κ2) is 3.62. The third-order valence-electron chi connectivity index (χ3n) is 3.83. The molecule has 0 amide bonds. The first-order valence-electron chi connectivity index (χ1n) is 5.77. The van der Waals surface area contributed by atoms with E-state index in [1.54, 1.807) is 0 Å². The van der Waals surface area contributed by atoms with Crippen LogP contribution in [0, 0.1) is 11.8 Å². The number of rotatable bonds is 3. The van der Waals surface area contributed by atoms with Gasteiger partial charge in [0.1, 0.15) is 0 Å². The number of likely N-dealkylation sites (tertiary alicyclic amines) is 1. The van der Waals surface area contributed by atoms with Crippen LogP contribution in [0.3, 0.4) is 0 Å². The van der Waals surface area contributed by atoms with Crippen LogP contribution in [0.1, 0.15) is 12.0 Å². The van der Waals surface area contributed by atoms with Gasteiger partial charge in [0.25, 0.3) is 0 Å². The Kier molecular flexibility index (Phi) is 2.26. The lowest BCUT2D eigenvalue weighted by atomic mass is 10.1. The van der Waals surface area contributed by atoms with Crippen LogP contribution in [-0.2, 0) is 6.54 Å². The van der Waals surface area contributed by atoms with E-state index in [2.05, 4.69) is 35.2 Å². The smallest absolute Gasteiger partial charge is 0.0589 e. The summed E-state index contributed by atoms with van der Waals surface area (Å²) < 4.78 is 0. The summed E-state index contributed by atoms with van der Waals surface area (Å²) in [6.07, 6.45) is 1.34. The highest BCUT2D eigenvalue weighted by atomic mass is 16.3. The number of nitrogens with zero attached hydrogens (tertiary/aromatic N) is 1. The van der Waals surface area contributed by atoms with Crippen molar-refractivity contribution >= 4 is 0 Å². The van der Waals surface area contributed by atoms with E-state index >= 15 is 0 Å². The standard InChI is InChI=1S/C13H17NO/c15-9-13-12-6-11(12)8-14(13)7-10-4-2-1-3-5-10/h1-5,11-13,15H,6-9H2/t11?,12?,13-/m1/s1. The molecule has 2 unspecified atom stereocenters. The molecule has 2 nitrogen and oxygen atoms in total. The van der Waals surface area contributed by atoms with E-state index in [0.717, 1.165) is 18.4 Å². The molecule has 1 aliphatic carbocycles. The molecule has 0 bridgehead atoms. The molecule has 2 heteroatoms. The molecule has 3 atom stereocenters. The number of hydrogen-bond donors (Lipinski definition) is 1. The second-order valence-corrected chi connectivity index (χ2v) is 4.82. The van der Waals surface area contributed by atoms with Crippen LogP contribution in [0.25, 0.3) is 0 Å². The highest BCUT2D eigenvalue weighted by Gasteiger charge is 2.51. The Morgan fingerprint density at radius 3 is 2.80 bits per heavy atom. The van der Waals surface area contributed by atoms with E-state index in [9.17, 15) is 5.11 Å². The van der Waals surface area contributed by atoms with Gasteiger partial charge < -0.3 is 5.11 Å². The Labute approximate surface area is 90.5 Å². The Morgan fingerprint density at radius 2 is 2.07 bits per heavy atom. The lowest BCUT2D eigenvalue weighted by Gasteiger charge is -2.25. The van der Waals surface area contributed by atoms with E-state index in [-0.39, 0.29) is 0 Å². The summed E-state index contributed by atoms with van der Waals surface area (Å²) in [6, 6.07) is 11.0. The van der Waals surface area contributed by atoms with Gasteiger partial charge in [-0.3, -0.25) is 4.90 Å². The molecule has 1 aliphatic heterocycles. The van der Waals surface area contributed by atoms with Crippen LogP contribution in [0.5, 0.6) is 0 Å². The average molecular weight is 203 g/mol. The van der Waals surface area contributed by atoms with Crippen LogP contribution in [0.4, 0.5) is 0 Å². The van der Waals surface area contributed by atoms with Crippen LogP contribution in [-0.4, -0.2) is 29.2 Å². The summed E-state index contributed by atoms with van der Waals surface area (Å²) in [6.45, 7) is 2.51. The van der Waals surface area contributed by atoms with Crippen molar-refractivity contribution in [3.05, 3.63) is 35.9 Å². The van der Waals surface area contributed by atoms with Crippen molar-refractivity contribution in [2.24, 2.45) is 11.8 Å². The lowest BCUT2D eigenvalue weighted by Crippen LogP contribution is -2.35. The zero-order valence-corrected chi connectivity index (χ0v) is 8.84. The fraction of sp³-hybridized carbons (Fsp3) is 0.538. The van der Waals surface area contributed by atoms with Crippen molar-refractivity contribution < 1.29 is 5.11 Å². The van der Waals surface area contributed by atoms with Gasteiger partial charge in [-0.15, -0.1) is 0 Å². The SMILES string of the molecule is OC[C@@H]1C2CC2CN1Cc1ccccc1. The fourth-order valence-electron chi connectivity index (χ4n) is 2.91. The number of piperidine rings is 1. The van der Waals surface area contributed by atoms with E-state index < -0.39 is 0 Å². The minimum absolute atomic E-state index is 0.327. The molecular formula is C13H17NO. The molecule has 1 heterocycles. The zero-order chi connectivity index (χ0) is 10.3. The van der Waals surface area contributed by atoms with Gasteiger partial charge in [0, 0.05) is 19.1 Å². The molecule has 1 N–H and O–H groups in total. The Morgan fingerprint density at radius 1 is 1.27 bits per heavy atom. The molecule has 80 valence electrons. The molecule has 1 aromatic carbocycles. The molecule has 15 heavy (non-hydrogen) atoms. The van der Waals surface area contributed by atoms with Crippen LogP contribution < -0.4 is 0 Å². The van der Waals surface area contributed by atoms with Crippen molar-refractivity contribution in [3.63, 3.8) is 0 Å². The van der Waals surface area contributed by atoms with Crippen LogP contribution in [0.15, 0.2) is 30.3 Å². The largest absolute Gasteiger partial charge is 0.395 e. The Hall–Kier alpha value is -0.860. The summed E-state index contributed by atoms with van der Waals surface area (Å²) >= 11 is 0. The zero-order valence-electron chi connectivity index (χ0n) is 8.84. The summed E-state index contributed by atoms with van der Waals surface area (Å²) in [7, 11) is 0. The van der Waals surface area contributed by atoms with Crippen molar-refractivity contribution in [2.75, 3.05) is 13.2 Å². The first-order chi connectivity index (χ1) is 7.38. The number of fused-ring (bicyclic) bond motifs is 1. The number of hydrogen-bond acceptors (Lipinski definition) is 2. The van der Waals surface area contributed by atoms with Gasteiger partial charge in [0.05, 0.1) is 6.61 Å². The maximum Gasteiger partial charge on any atom is 0.0589 e. The van der Waals surface area contributed by atoms with Crippen molar-refractivity contribution in [2.45, 2.75) is 19.0 Å². The minimum atomic E-state index is 0.327. The van der Waals surface area contributed by atoms with Gasteiger partial charge >= 0.3 is 0 Å². The quantitative estimate of drug-likeness (QED) is 0.804. The summed E-state index contributed by atoms with van der Waals surface area (Å²) in [5.41, 5.74) is 1.36. The highest BCUT2D eigenvalue weighted by Crippen LogP contribution is 2.49. The van der Waals surface area contributed by atoms with Crippen molar-refractivity contribution in [1.82, 2.24) is 4.90 Å². The maximum atomic E-state index is 9.37. The van der Waals surface area contributed by atoms with Gasteiger partial charge in [-0.2, -0.15) is 0 Å². The van der Waals surface area contributed by atoms with Gasteiger partial charge in [0.15, 0.2) is 0 Å². The molecule has 1 aromatic rings. The molecule has 1 saturated carbocycles. The number of aliphatic hydroxyl groups is 1. The molecule has 3 rings (SSSR count). The van der Waals surface area contributed by atoms with Gasteiger partial charge in [-0.25, -0.2) is 0 Å². The lowest BCUT2D eigenvalue weighted by molar-refractivity contribution is 0.131. The van der Waals surface area contributed by atoms with E-state index in [1.165, 1.54) is 18.5 Å². The monoisotopic (exact) mass is 203 g/mol. The average Bonchev–Trinajstić information content (AvgIpc) is 2.93. The first-order valence-corrected chi connectivity index (χ1v) is 5.77. The fourth-order valence-corrected chi connectivity index (χ4v) is 2.91. The molecular weight excluding hydrogens is 186 g/mol. The van der Waals surface area contributed by atoms with Crippen LogP contribution in [0.2, 0.25) is 0 Å². The van der Waals surface area contributed by atoms with Gasteiger partial charge in [-0.05, 0) is 23.8 Å². The maximum absolute atomic E-state index is 9.37. The Bertz CT molecular complexity index is 338. The third-order valence-corrected chi connectivity index (χ3v) is 3.83. The van der Waals surface area contributed by atoms with Crippen molar-refractivity contribution in [3.8, 4) is 0 Å². The molecule has 0 spiro atoms. The molecule has 2 fully saturated rings. The third kappa shape index (κ3) is 1.68. The first kappa shape index (κ1) is 9.37. The van der Waals surface area contributed by atoms with Crippen LogP contribution >= 0.6 is 0 Å². The predicted octanol–water partition coefficient (Wildman–Crippen LogP) is 1.50. The number of benzene rings is 1. The molecule has 0 radical (unpaired) electrons. The molecule has 0 aromatic heterocycles. The predicted molar refractivity (Wildman–Crippen MR) is 59.3 cm³/mol. The van der Waals surface area contributed by atoms with Gasteiger partial charge in [0.2, 0.25) is 0 Å². The summed E-state index contributed by atoms with van der Waals surface area (Å²) in [5.74, 6) is 1.67. The van der Waals surface area contributed by atoms with E-state index in [4.69, 9.17) is 0 Å². The second-order valence-electron chi connectivity index (χ2n) is 4.82. The van der Waals surface area contributed by atoms with Crippen molar-refractivity contribution in [1.29, 1.82) is 0 Å². The summed E-state index contributed by atoms with van der Waals surface area (Å²) in [4.78, 5) is 2.44. The minimum Gasteiger partial charge on any atom is -0.395 e. The topological polar surface area (TPSA) is 23.5 Å². The molecule has 2 aliphatic rings. The normalized spacial score (nSPS) is 34.1. The molecule has 1 saturated heterocycles. The highest BCUT2D eigenvalue weighted by molar-refractivity contribution is 5.16.